The van der Waals surface area contributed by atoms with Crippen LogP contribution < -0.4 is 9.44 Å². The molecule has 0 saturated heterocycles. The van der Waals surface area contributed by atoms with Crippen LogP contribution in [0.15, 0.2) is 36.4 Å². The van der Waals surface area contributed by atoms with E-state index in [0.717, 1.165) is 0 Å². The lowest BCUT2D eigenvalue weighted by molar-refractivity contribution is -0.385. The third-order valence-electron chi connectivity index (χ3n) is 3.35. The predicted molar refractivity (Wildman–Crippen MR) is 98.1 cm³/mol. The molecule has 126 valence electrons. The van der Waals surface area contributed by atoms with E-state index in [1.807, 2.05) is 0 Å². The Morgan fingerprint density at radius 1 is 0.792 bits per heavy atom. The fraction of sp³-hybridized carbons (Fsp3) is 0.143. The summed E-state index contributed by atoms with van der Waals surface area (Å²) in [6.07, 6.45) is 0. The van der Waals surface area contributed by atoms with E-state index in [2.05, 4.69) is 9.44 Å². The van der Waals surface area contributed by atoms with Crippen molar-refractivity contribution in [3.05, 3.63) is 67.8 Å². The first kappa shape index (κ1) is 17.9. The van der Waals surface area contributed by atoms with Crippen molar-refractivity contribution in [2.75, 3.05) is 9.44 Å². The minimum atomic E-state index is -0.428. The van der Waals surface area contributed by atoms with Crippen molar-refractivity contribution in [3.63, 3.8) is 0 Å². The van der Waals surface area contributed by atoms with E-state index in [9.17, 15) is 20.2 Å². The summed E-state index contributed by atoms with van der Waals surface area (Å²) in [5.41, 5.74) is 2.46. The van der Waals surface area contributed by atoms with Crippen LogP contribution in [0.1, 0.15) is 11.1 Å². The molecule has 0 aliphatic heterocycles. The maximum Gasteiger partial charge on any atom is 0.274 e. The zero-order valence-corrected chi connectivity index (χ0v) is 14.4. The molecular weight excluding hydrogens is 352 g/mol. The molecule has 10 heteroatoms. The van der Waals surface area contributed by atoms with Crippen molar-refractivity contribution < 1.29 is 9.85 Å². The summed E-state index contributed by atoms with van der Waals surface area (Å²) in [6.45, 7) is 3.34. The van der Waals surface area contributed by atoms with Crippen molar-refractivity contribution in [2.45, 2.75) is 13.8 Å². The highest BCUT2D eigenvalue weighted by molar-refractivity contribution is 8.77. The van der Waals surface area contributed by atoms with Gasteiger partial charge in [0.15, 0.2) is 0 Å². The fourth-order valence-electron chi connectivity index (χ4n) is 2.00. The minimum Gasteiger partial charge on any atom is -0.319 e. The molecule has 0 spiro atoms. The first-order valence-corrected chi connectivity index (χ1v) is 8.89. The van der Waals surface area contributed by atoms with Gasteiger partial charge in [0.05, 0.1) is 32.3 Å². The summed E-state index contributed by atoms with van der Waals surface area (Å²) in [7, 11) is 2.44. The Hall–Kier alpha value is -2.46. The Morgan fingerprint density at radius 3 is 1.50 bits per heavy atom. The first-order valence-electron chi connectivity index (χ1n) is 6.74. The number of anilines is 2. The first-order chi connectivity index (χ1) is 11.4. The lowest BCUT2D eigenvalue weighted by atomic mass is 10.2. The topological polar surface area (TPSA) is 110 Å². The van der Waals surface area contributed by atoms with E-state index in [1.54, 1.807) is 38.1 Å². The SMILES string of the molecule is Cc1c(NSSNc2cccc([N+](=O)[O-])c2C)cccc1[N+](=O)[O-]. The van der Waals surface area contributed by atoms with Crippen LogP contribution in [-0.2, 0) is 0 Å². The van der Waals surface area contributed by atoms with Crippen molar-refractivity contribution in [1.29, 1.82) is 0 Å². The van der Waals surface area contributed by atoms with E-state index >= 15 is 0 Å². The molecule has 0 bridgehead atoms. The van der Waals surface area contributed by atoms with Gasteiger partial charge in [-0.3, -0.25) is 20.2 Å². The molecule has 0 heterocycles. The molecule has 2 N–H and O–H groups in total. The second kappa shape index (κ2) is 7.88. The van der Waals surface area contributed by atoms with E-state index in [4.69, 9.17) is 0 Å². The van der Waals surface area contributed by atoms with Crippen LogP contribution >= 0.6 is 22.0 Å². The Kier molecular flexibility index (Phi) is 5.88. The molecule has 0 aromatic heterocycles. The molecule has 8 nitrogen and oxygen atoms in total. The fourth-order valence-corrected chi connectivity index (χ4v) is 3.49. The smallest absolute Gasteiger partial charge is 0.274 e. The van der Waals surface area contributed by atoms with Gasteiger partial charge in [0, 0.05) is 34.1 Å². The van der Waals surface area contributed by atoms with Gasteiger partial charge in [-0.05, 0) is 26.0 Å². The number of nitrogens with zero attached hydrogens (tertiary/aromatic N) is 2. The number of nitrogens with one attached hydrogen (secondary N) is 2. The van der Waals surface area contributed by atoms with Crippen LogP contribution in [0, 0.1) is 34.1 Å². The van der Waals surface area contributed by atoms with Gasteiger partial charge in [0.25, 0.3) is 11.4 Å². The summed E-state index contributed by atoms with van der Waals surface area (Å²) in [5.74, 6) is 0. The van der Waals surface area contributed by atoms with Crippen LogP contribution in [0.3, 0.4) is 0 Å². The second-order valence-corrected chi connectivity index (χ2v) is 6.53. The molecule has 2 aromatic carbocycles. The van der Waals surface area contributed by atoms with Crippen molar-refractivity contribution >= 4 is 44.7 Å². The third kappa shape index (κ3) is 4.09. The second-order valence-electron chi connectivity index (χ2n) is 4.78. The van der Waals surface area contributed by atoms with Gasteiger partial charge < -0.3 is 9.44 Å². The molecule has 0 unspecified atom stereocenters. The normalized spacial score (nSPS) is 10.2. The number of hydrogen-bond acceptors (Lipinski definition) is 8. The quantitative estimate of drug-likeness (QED) is 0.235. The molecule has 2 rings (SSSR count). The van der Waals surface area contributed by atoms with Crippen LogP contribution in [0.2, 0.25) is 0 Å². The monoisotopic (exact) mass is 366 g/mol. The standard InChI is InChI=1S/C14H14N4O4S2/c1-9-11(5-3-7-13(9)17(19)20)15-23-24-16-12-6-4-8-14(10(12)2)18(21)22/h3-8,15-16H,1-2H3. The van der Waals surface area contributed by atoms with E-state index in [0.29, 0.717) is 22.5 Å². The molecule has 0 aliphatic rings. The number of nitro groups is 2. The maximum absolute atomic E-state index is 10.9. The Bertz CT molecular complexity index is 720. The summed E-state index contributed by atoms with van der Waals surface area (Å²) in [6, 6.07) is 9.60. The van der Waals surface area contributed by atoms with Crippen molar-refractivity contribution in [3.8, 4) is 0 Å². The molecule has 0 fully saturated rings. The zero-order valence-electron chi connectivity index (χ0n) is 12.8. The number of rotatable bonds is 7. The van der Waals surface area contributed by atoms with Gasteiger partial charge in [0.2, 0.25) is 0 Å². The Labute approximate surface area is 146 Å². The molecule has 0 aliphatic carbocycles. The Morgan fingerprint density at radius 2 is 1.17 bits per heavy atom. The number of hydrogen-bond donors (Lipinski definition) is 2. The average molecular weight is 366 g/mol. The van der Waals surface area contributed by atoms with E-state index in [1.165, 1.54) is 34.1 Å². The van der Waals surface area contributed by atoms with Gasteiger partial charge in [0.1, 0.15) is 0 Å². The molecule has 0 amide bonds. The molecule has 0 radical (unpaired) electrons. The van der Waals surface area contributed by atoms with Gasteiger partial charge >= 0.3 is 0 Å². The van der Waals surface area contributed by atoms with E-state index < -0.39 is 9.85 Å². The summed E-state index contributed by atoms with van der Waals surface area (Å²) in [4.78, 5) is 21.0. The van der Waals surface area contributed by atoms with Crippen LogP contribution in [0.5, 0.6) is 0 Å². The van der Waals surface area contributed by atoms with E-state index in [-0.39, 0.29) is 11.4 Å². The van der Waals surface area contributed by atoms with Gasteiger partial charge in [-0.2, -0.15) is 0 Å². The minimum absolute atomic E-state index is 0.0492. The van der Waals surface area contributed by atoms with Crippen LogP contribution in [0.25, 0.3) is 0 Å². The van der Waals surface area contributed by atoms with Gasteiger partial charge in [-0.15, -0.1) is 0 Å². The Balaban J connectivity index is 1.97. The lowest BCUT2D eigenvalue weighted by Gasteiger charge is -2.10. The highest BCUT2D eigenvalue weighted by atomic mass is 33.1. The average Bonchev–Trinajstić information content (AvgIpc) is 2.53. The summed E-state index contributed by atoms with van der Waals surface area (Å²) in [5, 5.41) is 21.8. The molecular formula is C14H14N4O4S2. The number of nitro benzene ring substituents is 2. The summed E-state index contributed by atoms with van der Waals surface area (Å²) < 4.78 is 6.03. The molecule has 0 atom stereocenters. The number of benzene rings is 2. The van der Waals surface area contributed by atoms with Crippen LogP contribution in [0.4, 0.5) is 22.7 Å². The van der Waals surface area contributed by atoms with Crippen molar-refractivity contribution in [2.24, 2.45) is 0 Å². The highest BCUT2D eigenvalue weighted by Crippen LogP contribution is 2.33. The predicted octanol–water partition coefficient (Wildman–Crippen LogP) is 4.86. The lowest BCUT2D eigenvalue weighted by Crippen LogP contribution is -1.97. The molecule has 24 heavy (non-hydrogen) atoms. The van der Waals surface area contributed by atoms with Gasteiger partial charge in [-0.1, -0.05) is 12.1 Å². The van der Waals surface area contributed by atoms with Crippen molar-refractivity contribution in [1.82, 2.24) is 0 Å². The van der Waals surface area contributed by atoms with Crippen LogP contribution in [-0.4, -0.2) is 9.85 Å². The molecule has 0 saturated carbocycles. The summed E-state index contributed by atoms with van der Waals surface area (Å²) >= 11 is 0. The molecule has 2 aromatic rings. The zero-order chi connectivity index (χ0) is 17.7. The maximum atomic E-state index is 10.9. The largest absolute Gasteiger partial charge is 0.319 e. The third-order valence-corrected chi connectivity index (χ3v) is 4.79. The highest BCUT2D eigenvalue weighted by Gasteiger charge is 2.14. The van der Waals surface area contributed by atoms with Gasteiger partial charge in [-0.25, -0.2) is 0 Å².